The van der Waals surface area contributed by atoms with E-state index in [0.717, 1.165) is 11.3 Å². The van der Waals surface area contributed by atoms with E-state index in [2.05, 4.69) is 5.32 Å². The van der Waals surface area contributed by atoms with Crippen LogP contribution in [0.5, 0.6) is 0 Å². The fourth-order valence-electron chi connectivity index (χ4n) is 2.32. The molecule has 0 aromatic heterocycles. The van der Waals surface area contributed by atoms with Gasteiger partial charge in [-0.05, 0) is 50.6 Å². The van der Waals surface area contributed by atoms with Crippen molar-refractivity contribution in [1.82, 2.24) is 5.32 Å². The topological polar surface area (TPSA) is 32.3 Å². The van der Waals surface area contributed by atoms with Gasteiger partial charge < -0.3 is 5.32 Å². The summed E-state index contributed by atoms with van der Waals surface area (Å²) < 4.78 is 13.0. The van der Waals surface area contributed by atoms with Gasteiger partial charge in [-0.3, -0.25) is 4.90 Å². The van der Waals surface area contributed by atoms with Crippen LogP contribution >= 0.6 is 0 Å². The van der Waals surface area contributed by atoms with Gasteiger partial charge in [0.15, 0.2) is 0 Å². The molecular formula is C18H21FN2O. The molecule has 0 saturated carbocycles. The number of benzene rings is 2. The Kier molecular flexibility index (Phi) is 4.81. The summed E-state index contributed by atoms with van der Waals surface area (Å²) in [6.45, 7) is 6.29. The lowest BCUT2D eigenvalue weighted by atomic mass is 9.94. The van der Waals surface area contributed by atoms with Crippen molar-refractivity contribution in [3.8, 4) is 0 Å². The first-order valence-electron chi connectivity index (χ1n) is 7.35. The highest BCUT2D eigenvalue weighted by atomic mass is 19.1. The number of amides is 2. The first-order valence-corrected chi connectivity index (χ1v) is 7.35. The van der Waals surface area contributed by atoms with Gasteiger partial charge in [0, 0.05) is 12.2 Å². The quantitative estimate of drug-likeness (QED) is 0.897. The second kappa shape index (κ2) is 6.60. The number of carbonyl (C=O) groups excluding carboxylic acids is 1. The highest BCUT2D eigenvalue weighted by Crippen LogP contribution is 2.22. The van der Waals surface area contributed by atoms with Gasteiger partial charge in [-0.2, -0.15) is 0 Å². The summed E-state index contributed by atoms with van der Waals surface area (Å²) in [5, 5.41) is 3.01. The fourth-order valence-corrected chi connectivity index (χ4v) is 2.32. The van der Waals surface area contributed by atoms with Crippen LogP contribution < -0.4 is 10.2 Å². The summed E-state index contributed by atoms with van der Waals surface area (Å²) in [4.78, 5) is 14.2. The third kappa shape index (κ3) is 3.64. The molecule has 22 heavy (non-hydrogen) atoms. The average Bonchev–Trinajstić information content (AvgIpc) is 2.49. The number of hydrogen-bond acceptors (Lipinski definition) is 1. The molecule has 0 bridgehead atoms. The molecule has 0 saturated heterocycles. The fraction of sp³-hybridized carbons (Fsp3) is 0.278. The largest absolute Gasteiger partial charge is 0.329 e. The van der Waals surface area contributed by atoms with E-state index in [0.29, 0.717) is 6.54 Å². The molecule has 3 nitrogen and oxygen atoms in total. The monoisotopic (exact) mass is 300 g/mol. The normalized spacial score (nSPS) is 11.1. The minimum Gasteiger partial charge on any atom is -0.329 e. The Morgan fingerprint density at radius 2 is 1.68 bits per heavy atom. The Labute approximate surface area is 130 Å². The van der Waals surface area contributed by atoms with Gasteiger partial charge in [-0.1, -0.05) is 30.3 Å². The summed E-state index contributed by atoms with van der Waals surface area (Å²) >= 11 is 0. The summed E-state index contributed by atoms with van der Waals surface area (Å²) in [6.07, 6.45) is 0. The minimum absolute atomic E-state index is 0.178. The molecule has 2 aromatic rings. The number of rotatable bonds is 4. The molecule has 116 valence electrons. The number of urea groups is 1. The number of halogens is 1. The van der Waals surface area contributed by atoms with Crippen LogP contribution in [0.15, 0.2) is 54.6 Å². The van der Waals surface area contributed by atoms with Gasteiger partial charge in [0.25, 0.3) is 0 Å². The zero-order chi connectivity index (χ0) is 16.2. The van der Waals surface area contributed by atoms with Crippen molar-refractivity contribution < 1.29 is 9.18 Å². The zero-order valence-electron chi connectivity index (χ0n) is 13.1. The number of carbonyl (C=O) groups is 1. The maximum Gasteiger partial charge on any atom is 0.322 e. The second-order valence-electron chi connectivity index (χ2n) is 5.64. The van der Waals surface area contributed by atoms with Crippen LogP contribution in [-0.2, 0) is 5.54 Å². The zero-order valence-corrected chi connectivity index (χ0v) is 13.1. The molecule has 0 aliphatic rings. The summed E-state index contributed by atoms with van der Waals surface area (Å²) in [5.41, 5.74) is 1.11. The molecule has 0 atom stereocenters. The van der Waals surface area contributed by atoms with E-state index in [1.54, 1.807) is 17.0 Å². The van der Waals surface area contributed by atoms with Gasteiger partial charge in [-0.25, -0.2) is 9.18 Å². The molecule has 0 heterocycles. The van der Waals surface area contributed by atoms with Crippen LogP contribution in [0.2, 0.25) is 0 Å². The van der Waals surface area contributed by atoms with Crippen LogP contribution in [0, 0.1) is 5.82 Å². The number of nitrogens with zero attached hydrogens (tertiary/aromatic N) is 1. The van der Waals surface area contributed by atoms with E-state index in [-0.39, 0.29) is 11.8 Å². The van der Waals surface area contributed by atoms with Crippen molar-refractivity contribution in [3.05, 3.63) is 66.0 Å². The summed E-state index contributed by atoms with van der Waals surface area (Å²) in [6, 6.07) is 15.5. The van der Waals surface area contributed by atoms with E-state index in [1.165, 1.54) is 12.1 Å². The van der Waals surface area contributed by atoms with Crippen LogP contribution in [-0.4, -0.2) is 12.6 Å². The Balaban J connectivity index is 2.17. The molecule has 2 rings (SSSR count). The third-order valence-electron chi connectivity index (χ3n) is 3.61. The van der Waals surface area contributed by atoms with Crippen LogP contribution in [0.4, 0.5) is 14.9 Å². The maximum absolute atomic E-state index is 13.0. The molecule has 0 spiro atoms. The molecule has 0 aliphatic heterocycles. The van der Waals surface area contributed by atoms with Crippen molar-refractivity contribution in [1.29, 1.82) is 0 Å². The van der Waals surface area contributed by atoms with Crippen LogP contribution in [0.1, 0.15) is 26.3 Å². The SMILES string of the molecule is CCN(C(=O)NC(C)(C)c1ccc(F)cc1)c1ccccc1. The molecule has 0 aliphatic carbocycles. The molecule has 2 amide bonds. The number of anilines is 1. The second-order valence-corrected chi connectivity index (χ2v) is 5.64. The lowest BCUT2D eigenvalue weighted by molar-refractivity contribution is 0.236. The smallest absolute Gasteiger partial charge is 0.322 e. The Morgan fingerprint density at radius 1 is 1.09 bits per heavy atom. The predicted octanol–water partition coefficient (Wildman–Crippen LogP) is 4.30. The number of hydrogen-bond donors (Lipinski definition) is 1. The molecule has 4 heteroatoms. The van der Waals surface area contributed by atoms with E-state index >= 15 is 0 Å². The van der Waals surface area contributed by atoms with Crippen molar-refractivity contribution in [2.45, 2.75) is 26.3 Å². The van der Waals surface area contributed by atoms with E-state index in [9.17, 15) is 9.18 Å². The Hall–Kier alpha value is -2.36. The molecule has 1 N–H and O–H groups in total. The summed E-state index contributed by atoms with van der Waals surface area (Å²) in [7, 11) is 0. The van der Waals surface area contributed by atoms with Crippen molar-refractivity contribution in [3.63, 3.8) is 0 Å². The number of nitrogens with one attached hydrogen (secondary N) is 1. The Morgan fingerprint density at radius 3 is 2.23 bits per heavy atom. The van der Waals surface area contributed by atoms with Crippen molar-refractivity contribution in [2.75, 3.05) is 11.4 Å². The molecule has 2 aromatic carbocycles. The van der Waals surface area contributed by atoms with Gasteiger partial charge in [-0.15, -0.1) is 0 Å². The van der Waals surface area contributed by atoms with E-state index in [4.69, 9.17) is 0 Å². The molecular weight excluding hydrogens is 279 g/mol. The third-order valence-corrected chi connectivity index (χ3v) is 3.61. The standard InChI is InChI=1S/C18H21FN2O/c1-4-21(16-8-6-5-7-9-16)17(22)20-18(2,3)14-10-12-15(19)13-11-14/h5-13H,4H2,1-3H3,(H,20,22). The van der Waals surface area contributed by atoms with Gasteiger partial charge in [0.1, 0.15) is 5.82 Å². The van der Waals surface area contributed by atoms with Gasteiger partial charge >= 0.3 is 6.03 Å². The molecule has 0 unspecified atom stereocenters. The van der Waals surface area contributed by atoms with Crippen molar-refractivity contribution in [2.24, 2.45) is 0 Å². The van der Waals surface area contributed by atoms with Crippen molar-refractivity contribution >= 4 is 11.7 Å². The van der Waals surface area contributed by atoms with Crippen LogP contribution in [0.25, 0.3) is 0 Å². The van der Waals surface area contributed by atoms with Crippen LogP contribution in [0.3, 0.4) is 0 Å². The van der Waals surface area contributed by atoms with E-state index < -0.39 is 5.54 Å². The molecule has 0 radical (unpaired) electrons. The first-order chi connectivity index (χ1) is 10.4. The highest BCUT2D eigenvalue weighted by molar-refractivity contribution is 5.92. The highest BCUT2D eigenvalue weighted by Gasteiger charge is 2.25. The maximum atomic E-state index is 13.0. The van der Waals surface area contributed by atoms with Gasteiger partial charge in [0.05, 0.1) is 5.54 Å². The van der Waals surface area contributed by atoms with E-state index in [1.807, 2.05) is 51.1 Å². The Bertz CT molecular complexity index is 623. The average molecular weight is 300 g/mol. The molecule has 0 fully saturated rings. The summed E-state index contributed by atoms with van der Waals surface area (Å²) in [5.74, 6) is -0.287. The predicted molar refractivity (Wildman–Crippen MR) is 87.4 cm³/mol. The minimum atomic E-state index is -0.590. The first kappa shape index (κ1) is 16.0. The lowest BCUT2D eigenvalue weighted by Gasteiger charge is -2.31. The van der Waals surface area contributed by atoms with Gasteiger partial charge in [0.2, 0.25) is 0 Å². The number of para-hydroxylation sites is 1. The lowest BCUT2D eigenvalue weighted by Crippen LogP contribution is -2.48.